The van der Waals surface area contributed by atoms with Crippen LogP contribution in [0.4, 0.5) is 9.93 Å². The van der Waals surface area contributed by atoms with Gasteiger partial charge in [-0.3, -0.25) is 5.32 Å². The monoisotopic (exact) mass is 419 g/mol. The Kier molecular flexibility index (Phi) is 5.13. The Morgan fingerprint density at radius 2 is 2.20 bits per heavy atom. The molecule has 2 N–H and O–H groups in total. The van der Waals surface area contributed by atoms with Crippen LogP contribution in [0.15, 0.2) is 34.1 Å². The molecule has 0 radical (unpaired) electrons. The summed E-state index contributed by atoms with van der Waals surface area (Å²) in [4.78, 5) is 18.3. The van der Waals surface area contributed by atoms with Crippen molar-refractivity contribution in [1.29, 1.82) is 0 Å². The number of thiazole rings is 1. The molecular formula is C18H18BrN3O2S. The predicted octanol–water partition coefficient (Wildman–Crippen LogP) is 3.30. The molecule has 3 rings (SSSR count). The van der Waals surface area contributed by atoms with Crippen molar-refractivity contribution in [3.63, 3.8) is 0 Å². The second-order valence-electron chi connectivity index (χ2n) is 6.20. The van der Waals surface area contributed by atoms with Gasteiger partial charge in [0, 0.05) is 35.5 Å². The lowest BCUT2D eigenvalue weighted by Gasteiger charge is -2.37. The fourth-order valence-corrected chi connectivity index (χ4v) is 3.74. The summed E-state index contributed by atoms with van der Waals surface area (Å²) in [5, 5.41) is 14.2. The van der Waals surface area contributed by atoms with Crippen LogP contribution in [0.25, 0.3) is 0 Å². The lowest BCUT2D eigenvalue weighted by atomic mass is 9.81. The van der Waals surface area contributed by atoms with Crippen molar-refractivity contribution in [3.05, 3.63) is 45.4 Å². The number of benzene rings is 1. The molecule has 1 unspecified atom stereocenters. The normalized spacial score (nSPS) is 16.6. The number of amides is 2. The third-order valence-corrected chi connectivity index (χ3v) is 5.73. The highest BCUT2D eigenvalue weighted by molar-refractivity contribution is 9.10. The fraction of sp³-hybridized carbons (Fsp3) is 0.333. The molecular weight excluding hydrogens is 402 g/mol. The summed E-state index contributed by atoms with van der Waals surface area (Å²) >= 11 is 4.78. The first-order valence-electron chi connectivity index (χ1n) is 7.83. The van der Waals surface area contributed by atoms with Gasteiger partial charge in [0.1, 0.15) is 0 Å². The van der Waals surface area contributed by atoms with Crippen LogP contribution in [0.2, 0.25) is 0 Å². The Morgan fingerprint density at radius 1 is 1.52 bits per heavy atom. The van der Waals surface area contributed by atoms with E-state index in [1.165, 1.54) is 11.3 Å². The number of halogens is 1. The molecule has 2 heterocycles. The van der Waals surface area contributed by atoms with E-state index in [1.807, 2.05) is 36.6 Å². The maximum atomic E-state index is 12.1. The number of urea groups is 1. The molecule has 1 aromatic carbocycles. The Morgan fingerprint density at radius 3 is 2.80 bits per heavy atom. The molecule has 0 bridgehead atoms. The van der Waals surface area contributed by atoms with Gasteiger partial charge in [-0.2, -0.15) is 0 Å². The van der Waals surface area contributed by atoms with Crippen molar-refractivity contribution >= 4 is 38.4 Å². The number of carbonyl (C=O) groups excluding carboxylic acids is 1. The predicted molar refractivity (Wildman–Crippen MR) is 103 cm³/mol. The quantitative estimate of drug-likeness (QED) is 0.747. The minimum absolute atomic E-state index is 0.110. The zero-order valence-corrected chi connectivity index (χ0v) is 16.1. The minimum Gasteiger partial charge on any atom is -0.396 e. The van der Waals surface area contributed by atoms with E-state index < -0.39 is 5.41 Å². The number of carbonyl (C=O) groups is 1. The van der Waals surface area contributed by atoms with E-state index in [0.717, 1.165) is 15.7 Å². The average Bonchev–Trinajstić information content (AvgIpc) is 3.03. The van der Waals surface area contributed by atoms with E-state index in [-0.39, 0.29) is 18.6 Å². The van der Waals surface area contributed by atoms with Gasteiger partial charge in [0.05, 0.1) is 11.1 Å². The summed E-state index contributed by atoms with van der Waals surface area (Å²) in [7, 11) is 0. The molecule has 1 atom stereocenters. The average molecular weight is 420 g/mol. The van der Waals surface area contributed by atoms with Crippen molar-refractivity contribution in [2.45, 2.75) is 12.3 Å². The van der Waals surface area contributed by atoms with Gasteiger partial charge in [-0.25, -0.2) is 9.78 Å². The summed E-state index contributed by atoms with van der Waals surface area (Å²) in [6.45, 7) is 3.19. The highest BCUT2D eigenvalue weighted by Gasteiger charge is 2.32. The number of aromatic nitrogens is 1. The highest BCUT2D eigenvalue weighted by atomic mass is 79.9. The van der Waals surface area contributed by atoms with Crippen LogP contribution in [0, 0.1) is 18.3 Å². The first kappa shape index (κ1) is 17.9. The van der Waals surface area contributed by atoms with Gasteiger partial charge < -0.3 is 10.0 Å². The van der Waals surface area contributed by atoms with Crippen LogP contribution < -0.4 is 5.32 Å². The number of likely N-dealkylation sites (tertiary alicyclic amines) is 1. The second-order valence-corrected chi connectivity index (χ2v) is 7.97. The first-order valence-corrected chi connectivity index (χ1v) is 9.50. The topological polar surface area (TPSA) is 65.5 Å². The van der Waals surface area contributed by atoms with E-state index in [2.05, 4.69) is 32.2 Å². The van der Waals surface area contributed by atoms with Gasteiger partial charge in [-0.1, -0.05) is 34.0 Å². The molecule has 25 heavy (non-hydrogen) atoms. The van der Waals surface area contributed by atoms with Gasteiger partial charge >= 0.3 is 6.03 Å². The molecule has 5 nitrogen and oxygen atoms in total. The number of nitrogens with one attached hydrogen (secondary N) is 1. The first-order chi connectivity index (χ1) is 12.0. The highest BCUT2D eigenvalue weighted by Crippen LogP contribution is 2.34. The fourth-order valence-electron chi connectivity index (χ4n) is 2.67. The van der Waals surface area contributed by atoms with E-state index in [9.17, 15) is 4.79 Å². The van der Waals surface area contributed by atoms with Crippen LogP contribution >= 0.6 is 27.3 Å². The second kappa shape index (κ2) is 7.16. The molecule has 0 aliphatic carbocycles. The van der Waals surface area contributed by atoms with Crippen LogP contribution in [0.3, 0.4) is 0 Å². The largest absolute Gasteiger partial charge is 0.396 e. The molecule has 130 valence electrons. The smallest absolute Gasteiger partial charge is 0.323 e. The van der Waals surface area contributed by atoms with Crippen LogP contribution in [-0.2, 0) is 5.41 Å². The third kappa shape index (κ3) is 3.56. The minimum atomic E-state index is -0.668. The lowest BCUT2D eigenvalue weighted by molar-refractivity contribution is 0.0838. The maximum Gasteiger partial charge on any atom is 0.323 e. The van der Waals surface area contributed by atoms with Crippen molar-refractivity contribution in [3.8, 4) is 12.3 Å². The number of hydrogen-bond acceptors (Lipinski definition) is 4. The molecule has 1 aliphatic rings. The van der Waals surface area contributed by atoms with Crippen molar-refractivity contribution in [2.75, 3.05) is 25.0 Å². The summed E-state index contributed by atoms with van der Waals surface area (Å²) in [6, 6.07) is 7.63. The molecule has 2 aromatic rings. The van der Waals surface area contributed by atoms with Gasteiger partial charge in [0.2, 0.25) is 0 Å². The third-order valence-electron chi connectivity index (χ3n) is 4.44. The van der Waals surface area contributed by atoms with Gasteiger partial charge in [0.25, 0.3) is 0 Å². The Balaban J connectivity index is 1.74. The number of aliphatic hydroxyl groups is 1. The molecule has 0 spiro atoms. The van der Waals surface area contributed by atoms with Gasteiger partial charge in [-0.05, 0) is 24.6 Å². The molecule has 1 fully saturated rings. The zero-order valence-electron chi connectivity index (χ0n) is 13.7. The Hall–Kier alpha value is -1.88. The molecule has 1 aromatic heterocycles. The Labute approximate surface area is 159 Å². The van der Waals surface area contributed by atoms with Gasteiger partial charge in [0.15, 0.2) is 5.13 Å². The molecule has 0 saturated carbocycles. The summed E-state index contributed by atoms with van der Waals surface area (Å²) in [5.74, 6) is 3.01. The number of aliphatic hydroxyl groups excluding tert-OH is 1. The summed E-state index contributed by atoms with van der Waals surface area (Å²) < 4.78 is 0.984. The number of nitrogens with zero attached hydrogens (tertiary/aromatic N) is 2. The number of anilines is 1. The van der Waals surface area contributed by atoms with Crippen molar-refractivity contribution < 1.29 is 9.90 Å². The van der Waals surface area contributed by atoms with Crippen LogP contribution in [0.5, 0.6) is 0 Å². The molecule has 1 aliphatic heterocycles. The van der Waals surface area contributed by atoms with E-state index in [4.69, 9.17) is 11.5 Å². The van der Waals surface area contributed by atoms with Crippen molar-refractivity contribution in [1.82, 2.24) is 9.88 Å². The molecule has 7 heteroatoms. The van der Waals surface area contributed by atoms with Gasteiger partial charge in [-0.15, -0.1) is 17.8 Å². The standard InChI is InChI=1S/C18H18BrN3O2S/c1-3-18(2,13-4-6-14(19)7-5-13)15-11-25-16(20-15)21-17(24)22-8-12(9-22)10-23/h1,4-7,11-12,23H,8-10H2,2H3,(H,20,21,24). The summed E-state index contributed by atoms with van der Waals surface area (Å²) in [5.41, 5.74) is 1.03. The maximum absolute atomic E-state index is 12.1. The van der Waals surface area contributed by atoms with E-state index in [1.54, 1.807) is 4.90 Å². The molecule has 1 saturated heterocycles. The summed E-state index contributed by atoms with van der Waals surface area (Å²) in [6.07, 6.45) is 5.81. The van der Waals surface area contributed by atoms with Crippen LogP contribution in [0.1, 0.15) is 18.2 Å². The van der Waals surface area contributed by atoms with Crippen molar-refractivity contribution in [2.24, 2.45) is 5.92 Å². The Bertz CT molecular complexity index is 808. The number of terminal acetylenes is 1. The lowest BCUT2D eigenvalue weighted by Crippen LogP contribution is -2.52. The van der Waals surface area contributed by atoms with E-state index >= 15 is 0 Å². The number of rotatable bonds is 4. The SMILES string of the molecule is C#CC(C)(c1ccc(Br)cc1)c1csc(NC(=O)N2CC(CO)C2)n1. The molecule has 2 amide bonds. The number of hydrogen-bond donors (Lipinski definition) is 2. The van der Waals surface area contributed by atoms with E-state index in [0.29, 0.717) is 18.2 Å². The zero-order chi connectivity index (χ0) is 18.0. The van der Waals surface area contributed by atoms with Crippen LogP contribution in [-0.4, -0.2) is 40.7 Å².